The highest BCUT2D eigenvalue weighted by atomic mass is 19.4. The number of nitrogens with one attached hydrogen (secondary N) is 1. The number of ether oxygens (including phenoxy) is 1. The Morgan fingerprint density at radius 3 is 1.80 bits per heavy atom. The zero-order valence-electron chi connectivity index (χ0n) is 26.6. The maximum atomic E-state index is 13.3. The lowest BCUT2D eigenvalue weighted by molar-refractivity contribution is -0.137. The number of carbonyl (C=O) groups is 2. The molecule has 0 atom stereocenters. The molecular formula is C36H39F3N4O3. The van der Waals surface area contributed by atoms with Gasteiger partial charge in [-0.05, 0) is 92.8 Å². The highest BCUT2D eigenvalue weighted by Gasteiger charge is 2.30. The summed E-state index contributed by atoms with van der Waals surface area (Å²) < 4.78 is 44.5. The normalized spacial score (nSPS) is 11.7. The Hall–Kier alpha value is -4.86. The van der Waals surface area contributed by atoms with Crippen LogP contribution in [-0.2, 0) is 30.5 Å². The van der Waals surface area contributed by atoms with Gasteiger partial charge in [0, 0.05) is 43.8 Å². The molecule has 0 bridgehead atoms. The summed E-state index contributed by atoms with van der Waals surface area (Å²) in [6, 6.07) is 23.3. The Balaban J connectivity index is 1.45. The van der Waals surface area contributed by atoms with Gasteiger partial charge in [-0.3, -0.25) is 4.98 Å². The fourth-order valence-electron chi connectivity index (χ4n) is 4.66. The van der Waals surface area contributed by atoms with E-state index in [9.17, 15) is 22.8 Å². The van der Waals surface area contributed by atoms with Crippen molar-refractivity contribution in [2.75, 3.05) is 5.32 Å². The molecule has 4 rings (SSSR count). The molecular weight excluding hydrogens is 593 g/mol. The summed E-state index contributed by atoms with van der Waals surface area (Å²) in [7, 11) is 0. The van der Waals surface area contributed by atoms with Gasteiger partial charge in [0.2, 0.25) is 0 Å². The lowest BCUT2D eigenvalue weighted by Crippen LogP contribution is -2.40. The zero-order valence-corrected chi connectivity index (χ0v) is 26.6. The molecule has 3 amide bonds. The number of nitrogens with zero attached hydrogens (tertiary/aromatic N) is 3. The van der Waals surface area contributed by atoms with Gasteiger partial charge in [-0.2, -0.15) is 13.2 Å². The molecule has 0 saturated heterocycles. The minimum absolute atomic E-state index is 0.0307. The van der Waals surface area contributed by atoms with Crippen molar-refractivity contribution in [1.82, 2.24) is 14.8 Å². The maximum Gasteiger partial charge on any atom is 0.416 e. The number of benzene rings is 3. The Morgan fingerprint density at radius 2 is 1.33 bits per heavy atom. The maximum absolute atomic E-state index is 13.3. The van der Waals surface area contributed by atoms with Crippen molar-refractivity contribution < 1.29 is 27.5 Å². The first-order valence-electron chi connectivity index (χ1n) is 15.0. The number of anilines is 1. The van der Waals surface area contributed by atoms with Gasteiger partial charge in [0.05, 0.1) is 5.56 Å². The monoisotopic (exact) mass is 632 g/mol. The van der Waals surface area contributed by atoms with Crippen molar-refractivity contribution in [2.24, 2.45) is 0 Å². The molecule has 10 heteroatoms. The van der Waals surface area contributed by atoms with Crippen LogP contribution in [0.4, 0.5) is 28.4 Å². The zero-order chi connectivity index (χ0) is 33.5. The van der Waals surface area contributed by atoms with Gasteiger partial charge in [-0.15, -0.1) is 0 Å². The van der Waals surface area contributed by atoms with Gasteiger partial charge < -0.3 is 19.9 Å². The van der Waals surface area contributed by atoms with Crippen molar-refractivity contribution in [2.45, 2.75) is 72.1 Å². The first kappa shape index (κ1) is 34.0. The third kappa shape index (κ3) is 9.82. The topological polar surface area (TPSA) is 74.8 Å². The number of hydrogen-bond acceptors (Lipinski definition) is 4. The number of aromatic nitrogens is 1. The molecule has 0 saturated carbocycles. The van der Waals surface area contributed by atoms with Crippen LogP contribution in [0, 0.1) is 0 Å². The Morgan fingerprint density at radius 1 is 0.783 bits per heavy atom. The molecule has 3 aromatic carbocycles. The smallest absolute Gasteiger partial charge is 0.416 e. The second-order valence-corrected chi connectivity index (χ2v) is 12.3. The van der Waals surface area contributed by atoms with Gasteiger partial charge in [-0.25, -0.2) is 9.59 Å². The fraction of sp³-hybridized carbons (Fsp3) is 0.306. The molecule has 242 valence electrons. The van der Waals surface area contributed by atoms with Crippen molar-refractivity contribution in [3.63, 3.8) is 0 Å². The molecule has 0 spiro atoms. The van der Waals surface area contributed by atoms with Crippen LogP contribution in [0.15, 0.2) is 97.3 Å². The number of rotatable bonds is 9. The lowest BCUT2D eigenvalue weighted by atomic mass is 10.0. The van der Waals surface area contributed by atoms with Crippen LogP contribution < -0.4 is 5.32 Å². The molecule has 1 aromatic heterocycles. The summed E-state index contributed by atoms with van der Waals surface area (Å²) in [5.74, 6) is 0. The van der Waals surface area contributed by atoms with E-state index in [4.69, 9.17) is 4.74 Å². The molecule has 4 aromatic rings. The van der Waals surface area contributed by atoms with Crippen LogP contribution in [0.3, 0.4) is 0 Å². The third-order valence-corrected chi connectivity index (χ3v) is 7.07. The highest BCUT2D eigenvalue weighted by Crippen LogP contribution is 2.30. The molecule has 0 unspecified atom stereocenters. The molecule has 0 fully saturated rings. The largest absolute Gasteiger partial charge is 0.444 e. The molecule has 7 nitrogen and oxygen atoms in total. The lowest BCUT2D eigenvalue weighted by Gasteiger charge is -2.30. The summed E-state index contributed by atoms with van der Waals surface area (Å²) in [5, 5.41) is 2.71. The van der Waals surface area contributed by atoms with Crippen molar-refractivity contribution in [3.05, 3.63) is 120 Å². The van der Waals surface area contributed by atoms with Crippen LogP contribution in [0.25, 0.3) is 11.1 Å². The number of hydrogen-bond donors (Lipinski definition) is 1. The third-order valence-electron chi connectivity index (χ3n) is 7.07. The number of amides is 3. The first-order chi connectivity index (χ1) is 21.7. The molecule has 0 radical (unpaired) electrons. The second kappa shape index (κ2) is 14.5. The van der Waals surface area contributed by atoms with Gasteiger partial charge in [0.25, 0.3) is 0 Å². The summed E-state index contributed by atoms with van der Waals surface area (Å²) >= 11 is 0. The molecule has 1 N–H and O–H groups in total. The van der Waals surface area contributed by atoms with Crippen LogP contribution in [0.1, 0.15) is 56.9 Å². The van der Waals surface area contributed by atoms with Crippen LogP contribution in [0.2, 0.25) is 0 Å². The molecule has 1 heterocycles. The first-order valence-corrected chi connectivity index (χ1v) is 15.0. The van der Waals surface area contributed by atoms with Gasteiger partial charge in [-0.1, -0.05) is 54.6 Å². The van der Waals surface area contributed by atoms with E-state index in [0.717, 1.165) is 39.9 Å². The SMILES string of the molecule is CC(C)N(Cc1ccc(-c2ccc(CN(Cc3cccnc3)C(=O)Nc3ccc(C(F)(F)F)cc3)cc2)cc1)C(=O)OC(C)(C)C. The average molecular weight is 633 g/mol. The number of alkyl halides is 3. The quantitative estimate of drug-likeness (QED) is 0.200. The molecule has 0 aliphatic rings. The average Bonchev–Trinajstić information content (AvgIpc) is 2.99. The van der Waals surface area contributed by atoms with E-state index in [1.165, 1.54) is 12.1 Å². The minimum Gasteiger partial charge on any atom is -0.444 e. The summed E-state index contributed by atoms with van der Waals surface area (Å²) in [6.07, 6.45) is -1.51. The Kier molecular flexibility index (Phi) is 10.7. The second-order valence-electron chi connectivity index (χ2n) is 12.3. The van der Waals surface area contributed by atoms with Gasteiger partial charge >= 0.3 is 18.3 Å². The van der Waals surface area contributed by atoms with Crippen LogP contribution in [0.5, 0.6) is 0 Å². The standard InChI is InChI=1S/C36H39F3N4O3/c1-25(2)43(34(45)46-35(3,4)5)24-27-10-14-30(15-11-27)29-12-8-26(9-13-29)22-42(23-28-7-6-20-40-21-28)33(44)41-32-18-16-31(17-19-32)36(37,38)39/h6-21,25H,22-24H2,1-5H3,(H,41,44). The molecule has 46 heavy (non-hydrogen) atoms. The Bertz CT molecular complexity index is 1580. The van der Waals surface area contributed by atoms with E-state index in [1.807, 2.05) is 89.2 Å². The highest BCUT2D eigenvalue weighted by molar-refractivity contribution is 5.89. The fourth-order valence-corrected chi connectivity index (χ4v) is 4.66. The van der Waals surface area contributed by atoms with Crippen molar-refractivity contribution in [3.8, 4) is 11.1 Å². The van der Waals surface area contributed by atoms with Crippen molar-refractivity contribution >= 4 is 17.8 Å². The predicted octanol–water partition coefficient (Wildman–Crippen LogP) is 9.15. The summed E-state index contributed by atoms with van der Waals surface area (Å²) in [5.41, 5.74) is 3.53. The van der Waals surface area contributed by atoms with Crippen LogP contribution in [-0.4, -0.2) is 38.6 Å². The van der Waals surface area contributed by atoms with Gasteiger partial charge in [0.1, 0.15) is 5.60 Å². The Labute approximate surface area is 268 Å². The number of pyridine rings is 1. The van der Waals surface area contributed by atoms with Crippen molar-refractivity contribution in [1.29, 1.82) is 0 Å². The minimum atomic E-state index is -4.46. The summed E-state index contributed by atoms with van der Waals surface area (Å²) in [4.78, 5) is 33.4. The molecule has 0 aliphatic heterocycles. The molecule has 0 aliphatic carbocycles. The van der Waals surface area contributed by atoms with E-state index < -0.39 is 23.4 Å². The van der Waals surface area contributed by atoms with E-state index in [0.29, 0.717) is 6.54 Å². The van der Waals surface area contributed by atoms with Crippen LogP contribution >= 0.6 is 0 Å². The number of halogens is 3. The van der Waals surface area contributed by atoms with E-state index >= 15 is 0 Å². The van der Waals surface area contributed by atoms with E-state index in [2.05, 4.69) is 10.3 Å². The predicted molar refractivity (Wildman–Crippen MR) is 173 cm³/mol. The van der Waals surface area contributed by atoms with E-state index in [1.54, 1.807) is 28.3 Å². The number of carbonyl (C=O) groups excluding carboxylic acids is 2. The van der Waals surface area contributed by atoms with Gasteiger partial charge in [0.15, 0.2) is 0 Å². The van der Waals surface area contributed by atoms with E-state index in [-0.39, 0.29) is 30.9 Å². The summed E-state index contributed by atoms with van der Waals surface area (Å²) in [6.45, 7) is 10.4. The number of urea groups is 1.